The van der Waals surface area contributed by atoms with Crippen molar-refractivity contribution in [2.24, 2.45) is 5.73 Å². The van der Waals surface area contributed by atoms with E-state index in [2.05, 4.69) is 61.3 Å². The monoisotopic (exact) mass is 293 g/mol. The van der Waals surface area contributed by atoms with Gasteiger partial charge in [0.25, 0.3) is 0 Å². The Morgan fingerprint density at radius 2 is 1.86 bits per heavy atom. The maximum atomic E-state index is 5.99. The first-order valence-electron chi connectivity index (χ1n) is 7.91. The molecule has 1 atom stereocenters. The van der Waals surface area contributed by atoms with Crippen LogP contribution >= 0.6 is 0 Å². The Kier molecular flexibility index (Phi) is 4.25. The van der Waals surface area contributed by atoms with Gasteiger partial charge in [-0.15, -0.1) is 0 Å². The van der Waals surface area contributed by atoms with Gasteiger partial charge >= 0.3 is 0 Å². The highest BCUT2D eigenvalue weighted by molar-refractivity contribution is 5.76. The summed E-state index contributed by atoms with van der Waals surface area (Å²) >= 11 is 0. The fraction of sp³-hybridized carbons (Fsp3) is 0.316. The molecule has 2 aromatic carbocycles. The number of fused-ring (bicyclic) bond motifs is 1. The van der Waals surface area contributed by atoms with Crippen LogP contribution in [-0.2, 0) is 6.42 Å². The van der Waals surface area contributed by atoms with Crippen molar-refractivity contribution in [3.8, 4) is 0 Å². The molecule has 0 fully saturated rings. The van der Waals surface area contributed by atoms with Gasteiger partial charge < -0.3 is 10.7 Å². The predicted molar refractivity (Wildman–Crippen MR) is 92.1 cm³/mol. The van der Waals surface area contributed by atoms with Crippen molar-refractivity contribution < 1.29 is 0 Å². The number of hydrogen-bond donors (Lipinski definition) is 2. The van der Waals surface area contributed by atoms with Crippen LogP contribution in [0.5, 0.6) is 0 Å². The van der Waals surface area contributed by atoms with E-state index in [9.17, 15) is 0 Å². The lowest BCUT2D eigenvalue weighted by atomic mass is 9.99. The van der Waals surface area contributed by atoms with Crippen molar-refractivity contribution in [2.45, 2.75) is 32.1 Å². The first kappa shape index (κ1) is 14.8. The zero-order chi connectivity index (χ0) is 15.5. The van der Waals surface area contributed by atoms with Crippen LogP contribution in [0.3, 0.4) is 0 Å². The Labute approximate surface area is 131 Å². The molecule has 0 saturated heterocycles. The third-order valence-electron chi connectivity index (χ3n) is 4.19. The summed E-state index contributed by atoms with van der Waals surface area (Å²) in [4.78, 5) is 8.22. The van der Waals surface area contributed by atoms with Crippen LogP contribution in [-0.4, -0.2) is 16.5 Å². The van der Waals surface area contributed by atoms with Gasteiger partial charge in [0.2, 0.25) is 0 Å². The molecule has 3 N–H and O–H groups in total. The number of imidazole rings is 1. The lowest BCUT2D eigenvalue weighted by Gasteiger charge is -2.11. The summed E-state index contributed by atoms with van der Waals surface area (Å²) in [7, 11) is 0. The zero-order valence-corrected chi connectivity index (χ0v) is 13.2. The van der Waals surface area contributed by atoms with Gasteiger partial charge in [0, 0.05) is 12.5 Å². The summed E-state index contributed by atoms with van der Waals surface area (Å²) in [5, 5.41) is 0. The van der Waals surface area contributed by atoms with Gasteiger partial charge in [0.1, 0.15) is 5.82 Å². The molecule has 3 aromatic rings. The summed E-state index contributed by atoms with van der Waals surface area (Å²) < 4.78 is 0. The van der Waals surface area contributed by atoms with E-state index in [-0.39, 0.29) is 5.92 Å². The quantitative estimate of drug-likeness (QED) is 0.748. The lowest BCUT2D eigenvalue weighted by molar-refractivity contribution is 0.658. The highest BCUT2D eigenvalue weighted by Crippen LogP contribution is 2.24. The van der Waals surface area contributed by atoms with Gasteiger partial charge in [-0.1, -0.05) is 50.2 Å². The molecule has 3 nitrogen and oxygen atoms in total. The van der Waals surface area contributed by atoms with Crippen molar-refractivity contribution in [3.05, 3.63) is 65.5 Å². The van der Waals surface area contributed by atoms with Crippen molar-refractivity contribution >= 4 is 11.0 Å². The summed E-state index contributed by atoms with van der Waals surface area (Å²) in [5.74, 6) is 1.73. The Bertz CT molecular complexity index is 744. The van der Waals surface area contributed by atoms with E-state index >= 15 is 0 Å². The Balaban J connectivity index is 1.90. The van der Waals surface area contributed by atoms with Crippen LogP contribution in [0.2, 0.25) is 0 Å². The number of benzene rings is 2. The highest BCUT2D eigenvalue weighted by atomic mass is 14.9. The first-order chi connectivity index (χ1) is 10.7. The minimum absolute atomic E-state index is 0.220. The summed E-state index contributed by atoms with van der Waals surface area (Å²) in [6, 6.07) is 16.9. The topological polar surface area (TPSA) is 54.7 Å². The van der Waals surface area contributed by atoms with E-state index in [4.69, 9.17) is 10.7 Å². The number of rotatable bonds is 5. The molecule has 0 aliphatic carbocycles. The van der Waals surface area contributed by atoms with Crippen molar-refractivity contribution in [1.82, 2.24) is 9.97 Å². The fourth-order valence-corrected chi connectivity index (χ4v) is 2.79. The Hall–Kier alpha value is -2.13. The molecule has 0 aliphatic heterocycles. The Morgan fingerprint density at radius 1 is 1.09 bits per heavy atom. The van der Waals surface area contributed by atoms with E-state index < -0.39 is 0 Å². The average Bonchev–Trinajstić information content (AvgIpc) is 2.96. The van der Waals surface area contributed by atoms with E-state index in [1.807, 2.05) is 6.07 Å². The lowest BCUT2D eigenvalue weighted by Crippen LogP contribution is -2.16. The van der Waals surface area contributed by atoms with E-state index in [1.165, 1.54) is 11.1 Å². The molecule has 0 spiro atoms. The maximum Gasteiger partial charge on any atom is 0.111 e. The summed E-state index contributed by atoms with van der Waals surface area (Å²) in [6.07, 6.45) is 0.911. The van der Waals surface area contributed by atoms with Gasteiger partial charge in [0.15, 0.2) is 0 Å². The molecule has 0 amide bonds. The molecule has 22 heavy (non-hydrogen) atoms. The van der Waals surface area contributed by atoms with Crippen LogP contribution in [0.25, 0.3) is 11.0 Å². The molecule has 0 bridgehead atoms. The summed E-state index contributed by atoms with van der Waals surface area (Å²) in [5.41, 5.74) is 10.7. The van der Waals surface area contributed by atoms with E-state index in [0.29, 0.717) is 12.5 Å². The maximum absolute atomic E-state index is 5.99. The molecular weight excluding hydrogens is 270 g/mol. The smallest absolute Gasteiger partial charge is 0.111 e. The van der Waals surface area contributed by atoms with Gasteiger partial charge in [-0.05, 0) is 35.6 Å². The van der Waals surface area contributed by atoms with Crippen LogP contribution in [0, 0.1) is 0 Å². The fourth-order valence-electron chi connectivity index (χ4n) is 2.79. The van der Waals surface area contributed by atoms with E-state index in [1.54, 1.807) is 0 Å². The minimum atomic E-state index is 0.220. The minimum Gasteiger partial charge on any atom is -0.342 e. The third-order valence-corrected chi connectivity index (χ3v) is 4.19. The van der Waals surface area contributed by atoms with Crippen LogP contribution in [0.1, 0.15) is 42.6 Å². The molecule has 3 rings (SSSR count). The predicted octanol–water partition coefficient (Wildman–Crippen LogP) is 3.97. The van der Waals surface area contributed by atoms with Gasteiger partial charge in [-0.25, -0.2) is 4.98 Å². The van der Waals surface area contributed by atoms with Crippen LogP contribution in [0.4, 0.5) is 0 Å². The second-order valence-corrected chi connectivity index (χ2v) is 6.18. The molecular formula is C19H23N3. The average molecular weight is 293 g/mol. The van der Waals surface area contributed by atoms with Crippen molar-refractivity contribution in [1.29, 1.82) is 0 Å². The molecule has 0 radical (unpaired) electrons. The second kappa shape index (κ2) is 6.32. The SMILES string of the molecule is CC(C)c1ccc2nc(C(CN)Cc3ccccc3)[nH]c2c1. The molecule has 3 heteroatoms. The number of nitrogens with zero attached hydrogens (tertiary/aromatic N) is 1. The third kappa shape index (κ3) is 3.04. The van der Waals surface area contributed by atoms with E-state index in [0.717, 1.165) is 23.3 Å². The molecule has 1 unspecified atom stereocenters. The first-order valence-corrected chi connectivity index (χ1v) is 7.91. The van der Waals surface area contributed by atoms with Gasteiger partial charge in [0.05, 0.1) is 11.0 Å². The van der Waals surface area contributed by atoms with Crippen LogP contribution < -0.4 is 5.73 Å². The van der Waals surface area contributed by atoms with Crippen LogP contribution in [0.15, 0.2) is 48.5 Å². The number of aromatic nitrogens is 2. The molecule has 114 valence electrons. The number of nitrogens with one attached hydrogen (secondary N) is 1. The number of hydrogen-bond acceptors (Lipinski definition) is 2. The molecule has 1 aromatic heterocycles. The summed E-state index contributed by atoms with van der Waals surface area (Å²) in [6.45, 7) is 5.00. The standard InChI is InChI=1S/C19H23N3/c1-13(2)15-8-9-17-18(11-15)22-19(21-17)16(12-20)10-14-6-4-3-5-7-14/h3-9,11,13,16H,10,12,20H2,1-2H3,(H,21,22). The largest absolute Gasteiger partial charge is 0.342 e. The zero-order valence-electron chi connectivity index (χ0n) is 13.2. The normalized spacial score (nSPS) is 12.9. The van der Waals surface area contributed by atoms with Crippen molar-refractivity contribution in [3.63, 3.8) is 0 Å². The van der Waals surface area contributed by atoms with Gasteiger partial charge in [-0.2, -0.15) is 0 Å². The molecule has 0 saturated carbocycles. The molecule has 1 heterocycles. The van der Waals surface area contributed by atoms with Crippen molar-refractivity contribution in [2.75, 3.05) is 6.54 Å². The second-order valence-electron chi connectivity index (χ2n) is 6.18. The number of H-pyrrole nitrogens is 1. The highest BCUT2D eigenvalue weighted by Gasteiger charge is 2.15. The van der Waals surface area contributed by atoms with Gasteiger partial charge in [-0.3, -0.25) is 0 Å². The Morgan fingerprint density at radius 3 is 2.55 bits per heavy atom. The number of aromatic amines is 1. The molecule has 0 aliphatic rings. The number of nitrogens with two attached hydrogens (primary N) is 1.